The molecule has 0 aliphatic rings. The Kier molecular flexibility index (Phi) is 7.07. The fourth-order valence-corrected chi connectivity index (χ4v) is 2.82. The summed E-state index contributed by atoms with van der Waals surface area (Å²) in [6.45, 7) is 3.08. The molecular weight excluding hydrogens is 457 g/mol. The molecule has 0 fully saturated rings. The number of amides is 1. The predicted molar refractivity (Wildman–Crippen MR) is 105 cm³/mol. The number of esters is 1. The van der Waals surface area contributed by atoms with Crippen LogP contribution in [0.3, 0.4) is 0 Å². The molecule has 0 spiro atoms. The molecule has 2 aromatic carbocycles. The number of ether oxygens (including phenoxy) is 2. The third-order valence-corrected chi connectivity index (χ3v) is 4.24. The normalized spacial score (nSPS) is 10.2. The van der Waals surface area contributed by atoms with Crippen molar-refractivity contribution in [2.24, 2.45) is 0 Å². The van der Waals surface area contributed by atoms with Crippen LogP contribution in [0, 0.1) is 17.4 Å². The molecule has 0 bridgehead atoms. The molecular formula is C18H17ClINO4. The number of benzene rings is 2. The highest BCUT2D eigenvalue weighted by molar-refractivity contribution is 14.1. The first-order valence-corrected chi connectivity index (χ1v) is 8.91. The van der Waals surface area contributed by atoms with Gasteiger partial charge in [0.2, 0.25) is 0 Å². The van der Waals surface area contributed by atoms with E-state index in [1.165, 1.54) is 0 Å². The van der Waals surface area contributed by atoms with Crippen molar-refractivity contribution in [3.63, 3.8) is 0 Å². The van der Waals surface area contributed by atoms with Crippen molar-refractivity contribution in [3.05, 3.63) is 56.1 Å². The quantitative estimate of drug-likeness (QED) is 0.506. The SMILES string of the molecule is Cc1ccc(Cl)c(OCC(=O)OCC(=O)Nc2ccc(I)cc2C)c1. The number of nitrogens with one attached hydrogen (secondary N) is 1. The molecule has 1 amide bonds. The van der Waals surface area contributed by atoms with Gasteiger partial charge in [-0.05, 0) is 77.9 Å². The zero-order chi connectivity index (χ0) is 18.4. The minimum atomic E-state index is -0.646. The Morgan fingerprint density at radius 2 is 1.88 bits per heavy atom. The highest BCUT2D eigenvalue weighted by Crippen LogP contribution is 2.25. The molecule has 0 saturated heterocycles. The van der Waals surface area contributed by atoms with Gasteiger partial charge in [0.05, 0.1) is 5.02 Å². The van der Waals surface area contributed by atoms with Crippen LogP contribution < -0.4 is 10.1 Å². The summed E-state index contributed by atoms with van der Waals surface area (Å²) in [5, 5.41) is 3.11. The number of hydrogen-bond donors (Lipinski definition) is 1. The second kappa shape index (κ2) is 9.05. The summed E-state index contributed by atoms with van der Waals surface area (Å²) >= 11 is 8.18. The summed E-state index contributed by atoms with van der Waals surface area (Å²) in [5.74, 6) is -0.657. The van der Waals surface area contributed by atoms with Gasteiger partial charge in [-0.1, -0.05) is 17.7 Å². The number of halogens is 2. The Labute approximate surface area is 164 Å². The van der Waals surface area contributed by atoms with E-state index in [4.69, 9.17) is 21.1 Å². The van der Waals surface area contributed by atoms with Gasteiger partial charge in [0.15, 0.2) is 13.2 Å². The van der Waals surface area contributed by atoms with Crippen molar-refractivity contribution < 1.29 is 19.1 Å². The molecule has 0 aliphatic heterocycles. The lowest BCUT2D eigenvalue weighted by atomic mass is 10.2. The maximum absolute atomic E-state index is 11.9. The Balaban J connectivity index is 1.79. The maximum atomic E-state index is 11.9. The van der Waals surface area contributed by atoms with Gasteiger partial charge >= 0.3 is 5.97 Å². The topological polar surface area (TPSA) is 64.6 Å². The van der Waals surface area contributed by atoms with Crippen LogP contribution in [0.15, 0.2) is 36.4 Å². The highest BCUT2D eigenvalue weighted by Gasteiger charge is 2.11. The van der Waals surface area contributed by atoms with Gasteiger partial charge in [0, 0.05) is 9.26 Å². The van der Waals surface area contributed by atoms with Crippen LogP contribution in [-0.4, -0.2) is 25.1 Å². The van der Waals surface area contributed by atoms with Crippen LogP contribution in [0.4, 0.5) is 5.69 Å². The molecule has 132 valence electrons. The molecule has 0 aromatic heterocycles. The van der Waals surface area contributed by atoms with Gasteiger partial charge in [-0.15, -0.1) is 0 Å². The fraction of sp³-hybridized carbons (Fsp3) is 0.222. The lowest BCUT2D eigenvalue weighted by molar-refractivity contribution is -0.149. The number of hydrogen-bond acceptors (Lipinski definition) is 4. The zero-order valence-electron chi connectivity index (χ0n) is 13.8. The summed E-state index contributed by atoms with van der Waals surface area (Å²) in [7, 11) is 0. The van der Waals surface area contributed by atoms with Crippen molar-refractivity contribution in [2.75, 3.05) is 18.5 Å². The smallest absolute Gasteiger partial charge is 0.344 e. The minimum Gasteiger partial charge on any atom is -0.480 e. The van der Waals surface area contributed by atoms with Gasteiger partial charge in [-0.3, -0.25) is 4.79 Å². The summed E-state index contributed by atoms with van der Waals surface area (Å²) in [4.78, 5) is 23.6. The van der Waals surface area contributed by atoms with Gasteiger partial charge in [-0.2, -0.15) is 0 Å². The Morgan fingerprint density at radius 1 is 1.12 bits per heavy atom. The molecule has 5 nitrogen and oxygen atoms in total. The molecule has 0 saturated carbocycles. The van der Waals surface area contributed by atoms with Crippen molar-refractivity contribution in [3.8, 4) is 5.75 Å². The zero-order valence-corrected chi connectivity index (χ0v) is 16.7. The Morgan fingerprint density at radius 3 is 2.60 bits per heavy atom. The molecule has 0 heterocycles. The first-order chi connectivity index (χ1) is 11.8. The summed E-state index contributed by atoms with van der Waals surface area (Å²) in [6, 6.07) is 10.9. The van der Waals surface area contributed by atoms with E-state index in [0.29, 0.717) is 16.5 Å². The molecule has 25 heavy (non-hydrogen) atoms. The van der Waals surface area contributed by atoms with Gasteiger partial charge < -0.3 is 14.8 Å². The van der Waals surface area contributed by atoms with Crippen LogP contribution in [0.2, 0.25) is 5.02 Å². The first kappa shape index (κ1) is 19.5. The van der Waals surface area contributed by atoms with Crippen molar-refractivity contribution >= 4 is 51.8 Å². The van der Waals surface area contributed by atoms with Crippen molar-refractivity contribution in [2.45, 2.75) is 13.8 Å². The molecule has 2 aromatic rings. The molecule has 1 N–H and O–H groups in total. The van der Waals surface area contributed by atoms with Gasteiger partial charge in [0.1, 0.15) is 5.75 Å². The van der Waals surface area contributed by atoms with E-state index in [1.54, 1.807) is 18.2 Å². The number of carbonyl (C=O) groups excluding carboxylic acids is 2. The molecule has 0 unspecified atom stereocenters. The van der Waals surface area contributed by atoms with Crippen molar-refractivity contribution in [1.82, 2.24) is 0 Å². The molecule has 2 rings (SSSR count). The maximum Gasteiger partial charge on any atom is 0.344 e. The summed E-state index contributed by atoms with van der Waals surface area (Å²) in [6.07, 6.45) is 0. The van der Waals surface area contributed by atoms with E-state index in [2.05, 4.69) is 27.9 Å². The third-order valence-electron chi connectivity index (χ3n) is 3.26. The number of rotatable bonds is 6. The van der Waals surface area contributed by atoms with E-state index in [1.807, 2.05) is 32.0 Å². The lowest BCUT2D eigenvalue weighted by Crippen LogP contribution is -2.24. The number of aryl methyl sites for hydroxylation is 2. The van der Waals surface area contributed by atoms with E-state index in [-0.39, 0.29) is 13.2 Å². The van der Waals surface area contributed by atoms with Crippen LogP contribution >= 0.6 is 34.2 Å². The second-order valence-electron chi connectivity index (χ2n) is 5.39. The summed E-state index contributed by atoms with van der Waals surface area (Å²) < 4.78 is 11.3. The van der Waals surface area contributed by atoms with E-state index < -0.39 is 11.9 Å². The summed E-state index contributed by atoms with van der Waals surface area (Å²) in [5.41, 5.74) is 2.58. The van der Waals surface area contributed by atoms with Gasteiger partial charge in [-0.25, -0.2) is 4.79 Å². The molecule has 7 heteroatoms. The average molecular weight is 474 g/mol. The van der Waals surface area contributed by atoms with Crippen LogP contribution in [0.1, 0.15) is 11.1 Å². The van der Waals surface area contributed by atoms with Crippen LogP contribution in [0.5, 0.6) is 5.75 Å². The third kappa shape index (κ3) is 6.21. The fourth-order valence-electron chi connectivity index (χ4n) is 2.00. The van der Waals surface area contributed by atoms with E-state index >= 15 is 0 Å². The largest absolute Gasteiger partial charge is 0.480 e. The monoisotopic (exact) mass is 473 g/mol. The van der Waals surface area contributed by atoms with E-state index in [9.17, 15) is 9.59 Å². The Bertz CT molecular complexity index is 795. The van der Waals surface area contributed by atoms with Gasteiger partial charge in [0.25, 0.3) is 5.91 Å². The number of anilines is 1. The Hall–Kier alpha value is -1.80. The first-order valence-electron chi connectivity index (χ1n) is 7.45. The molecule has 0 radical (unpaired) electrons. The standard InChI is InChI=1S/C18H17ClINO4/c1-11-3-5-14(19)16(7-11)24-10-18(23)25-9-17(22)21-15-6-4-13(20)8-12(15)2/h3-8H,9-10H2,1-2H3,(H,21,22). The predicted octanol–water partition coefficient (Wildman–Crippen LogP) is 4.12. The molecule has 0 atom stereocenters. The van der Waals surface area contributed by atoms with Crippen LogP contribution in [-0.2, 0) is 14.3 Å². The van der Waals surface area contributed by atoms with Crippen LogP contribution in [0.25, 0.3) is 0 Å². The molecule has 0 aliphatic carbocycles. The second-order valence-corrected chi connectivity index (χ2v) is 7.04. The van der Waals surface area contributed by atoms with Crippen molar-refractivity contribution in [1.29, 1.82) is 0 Å². The number of carbonyl (C=O) groups is 2. The average Bonchev–Trinajstić information content (AvgIpc) is 2.56. The lowest BCUT2D eigenvalue weighted by Gasteiger charge is -2.10. The highest BCUT2D eigenvalue weighted by atomic mass is 127. The van der Waals surface area contributed by atoms with E-state index in [0.717, 1.165) is 14.7 Å². The minimum absolute atomic E-state index is 0.320.